The minimum Gasteiger partial charge on any atom is -0.493 e. The highest BCUT2D eigenvalue weighted by Gasteiger charge is 2.20. The van der Waals surface area contributed by atoms with Crippen molar-refractivity contribution in [1.82, 2.24) is 24.6 Å². The minimum absolute atomic E-state index is 0.176. The number of hydrogen-bond donors (Lipinski definition) is 4. The van der Waals surface area contributed by atoms with Crippen LogP contribution in [0.5, 0.6) is 5.88 Å². The summed E-state index contributed by atoms with van der Waals surface area (Å²) in [6.45, 7) is 0. The maximum absolute atomic E-state index is 12.7. The van der Waals surface area contributed by atoms with E-state index in [2.05, 4.69) is 30.4 Å². The van der Waals surface area contributed by atoms with Crippen molar-refractivity contribution in [3.8, 4) is 11.9 Å². The fraction of sp³-hybridized carbons (Fsp3) is 0.143. The Balaban J connectivity index is 1.61. The van der Waals surface area contributed by atoms with Crippen LogP contribution in [-0.2, 0) is 0 Å². The van der Waals surface area contributed by atoms with Gasteiger partial charge in [-0.15, -0.1) is 0 Å². The highest BCUT2D eigenvalue weighted by Crippen LogP contribution is 2.22. The molecule has 3 aromatic heterocycles. The van der Waals surface area contributed by atoms with Crippen LogP contribution >= 0.6 is 0 Å². The Kier molecular flexibility index (Phi) is 4.52. The Hall–Kier alpha value is -4.72. The van der Waals surface area contributed by atoms with Gasteiger partial charge in [0, 0.05) is 16.8 Å². The number of aromatic amines is 2. The van der Waals surface area contributed by atoms with Crippen LogP contribution in [0.4, 0.5) is 5.82 Å². The number of benzene rings is 1. The number of nitriles is 1. The summed E-state index contributed by atoms with van der Waals surface area (Å²) in [5, 5.41) is 26.5. The largest absolute Gasteiger partial charge is 0.493 e. The van der Waals surface area contributed by atoms with Gasteiger partial charge in [-0.25, -0.2) is 9.78 Å². The maximum atomic E-state index is 12.7. The van der Waals surface area contributed by atoms with Crippen LogP contribution in [0.1, 0.15) is 34.5 Å². The Morgan fingerprint density at radius 2 is 2.19 bits per heavy atom. The monoisotopic (exact) mass is 428 g/mol. The number of amides is 1. The molecule has 158 valence electrons. The number of aromatic hydroxyl groups is 1. The zero-order valence-corrected chi connectivity index (χ0v) is 16.5. The van der Waals surface area contributed by atoms with Crippen LogP contribution in [0.2, 0.25) is 0 Å². The van der Waals surface area contributed by atoms with Crippen LogP contribution in [-0.4, -0.2) is 41.6 Å². The zero-order valence-electron chi connectivity index (χ0n) is 16.5. The molecule has 0 spiro atoms. The van der Waals surface area contributed by atoms with Crippen molar-refractivity contribution < 1.29 is 9.90 Å². The van der Waals surface area contributed by atoms with Gasteiger partial charge in [-0.3, -0.25) is 14.8 Å². The maximum Gasteiger partial charge on any atom is 0.326 e. The first-order valence-electron chi connectivity index (χ1n) is 9.77. The van der Waals surface area contributed by atoms with Gasteiger partial charge in [0.25, 0.3) is 5.91 Å². The average molecular weight is 428 g/mol. The molecule has 0 saturated heterocycles. The van der Waals surface area contributed by atoms with Crippen molar-refractivity contribution in [2.24, 2.45) is 4.99 Å². The van der Waals surface area contributed by atoms with E-state index in [0.29, 0.717) is 27.5 Å². The minimum atomic E-state index is -0.546. The standard InChI is InChI=1S/C21H16N8O3/c22-9-11-2-1-3-12(6-11)19(30)27-16-8-17(24-14-4-5-14)29-18(26-16)13(10-23-29)7-15-20(31)28-21(32)25-15/h1-3,6-8,10,14,31H,4-5H2,(H,27,30)(H2,25,28,32)/b13-7-,24-17?. The molecule has 1 amide bonds. The second-order valence-electron chi connectivity index (χ2n) is 7.33. The van der Waals surface area contributed by atoms with E-state index in [4.69, 9.17) is 5.26 Å². The predicted octanol–water partition coefficient (Wildman–Crippen LogP) is 0.186. The van der Waals surface area contributed by atoms with Gasteiger partial charge in [-0.1, -0.05) is 6.07 Å². The lowest BCUT2D eigenvalue weighted by molar-refractivity contribution is 0.102. The smallest absolute Gasteiger partial charge is 0.326 e. The van der Waals surface area contributed by atoms with Crippen molar-refractivity contribution >= 4 is 23.4 Å². The van der Waals surface area contributed by atoms with Gasteiger partial charge in [0.05, 0.1) is 23.9 Å². The molecule has 11 nitrogen and oxygen atoms in total. The fourth-order valence-electron chi connectivity index (χ4n) is 3.18. The van der Waals surface area contributed by atoms with Crippen molar-refractivity contribution in [2.45, 2.75) is 18.9 Å². The topological polar surface area (TPSA) is 164 Å². The zero-order chi connectivity index (χ0) is 22.2. The van der Waals surface area contributed by atoms with Crippen molar-refractivity contribution in [3.63, 3.8) is 0 Å². The molecule has 32 heavy (non-hydrogen) atoms. The molecule has 1 aromatic carbocycles. The Labute approximate surface area is 179 Å². The molecule has 0 atom stereocenters. The SMILES string of the molecule is N#Cc1cccc(C(=O)Nc2cc(=NC3CC3)n3nc/c(=C/c4[nH]c(=O)[nH]c4O)c3n2)c1. The Morgan fingerprint density at radius 1 is 1.34 bits per heavy atom. The first-order valence-corrected chi connectivity index (χ1v) is 9.77. The number of aromatic nitrogens is 5. The number of H-pyrrole nitrogens is 2. The number of carbonyl (C=O) groups is 1. The second-order valence-corrected chi connectivity index (χ2v) is 7.33. The van der Waals surface area contributed by atoms with Gasteiger partial charge in [-0.2, -0.15) is 14.9 Å². The lowest BCUT2D eigenvalue weighted by Crippen LogP contribution is -2.22. The molecular weight excluding hydrogens is 412 g/mol. The van der Waals surface area contributed by atoms with E-state index in [9.17, 15) is 14.7 Å². The number of rotatable bonds is 4. The molecule has 1 saturated carbocycles. The molecule has 0 radical (unpaired) electrons. The van der Waals surface area contributed by atoms with Gasteiger partial charge in [0.15, 0.2) is 11.1 Å². The Bertz CT molecular complexity index is 1580. The molecule has 1 aliphatic rings. The van der Waals surface area contributed by atoms with Gasteiger partial charge in [0.1, 0.15) is 11.5 Å². The highest BCUT2D eigenvalue weighted by molar-refractivity contribution is 6.04. The lowest BCUT2D eigenvalue weighted by Gasteiger charge is -2.06. The summed E-state index contributed by atoms with van der Waals surface area (Å²) in [5.74, 6) is -0.473. The number of fused-ring (bicyclic) bond motifs is 1. The van der Waals surface area contributed by atoms with Crippen LogP contribution in [0, 0.1) is 11.3 Å². The predicted molar refractivity (Wildman–Crippen MR) is 113 cm³/mol. The van der Waals surface area contributed by atoms with E-state index in [-0.39, 0.29) is 23.4 Å². The number of imidazole rings is 1. The third-order valence-corrected chi connectivity index (χ3v) is 4.87. The van der Waals surface area contributed by atoms with E-state index in [1.54, 1.807) is 24.3 Å². The van der Waals surface area contributed by atoms with E-state index in [1.807, 2.05) is 6.07 Å². The quantitative estimate of drug-likeness (QED) is 0.362. The van der Waals surface area contributed by atoms with Crippen LogP contribution in [0.25, 0.3) is 11.7 Å². The number of nitrogens with zero attached hydrogens (tertiary/aromatic N) is 5. The van der Waals surface area contributed by atoms with E-state index in [1.165, 1.54) is 22.9 Å². The number of nitrogens with one attached hydrogen (secondary N) is 3. The molecule has 1 aliphatic carbocycles. The van der Waals surface area contributed by atoms with Gasteiger partial charge in [-0.05, 0) is 37.1 Å². The normalized spacial score (nSPS) is 14.6. The van der Waals surface area contributed by atoms with E-state index >= 15 is 0 Å². The fourth-order valence-corrected chi connectivity index (χ4v) is 3.18. The van der Waals surface area contributed by atoms with Crippen molar-refractivity contribution in [1.29, 1.82) is 5.26 Å². The summed E-state index contributed by atoms with van der Waals surface area (Å²) in [5.41, 5.74) is 1.23. The first kappa shape index (κ1) is 19.3. The molecule has 3 heterocycles. The highest BCUT2D eigenvalue weighted by atomic mass is 16.3. The van der Waals surface area contributed by atoms with Crippen LogP contribution < -0.4 is 21.7 Å². The van der Waals surface area contributed by atoms with Crippen LogP contribution in [0.3, 0.4) is 0 Å². The molecule has 11 heteroatoms. The molecule has 5 rings (SSSR count). The molecule has 0 unspecified atom stereocenters. The van der Waals surface area contributed by atoms with Gasteiger partial charge >= 0.3 is 5.69 Å². The number of hydrogen-bond acceptors (Lipinski definition) is 7. The van der Waals surface area contributed by atoms with Gasteiger partial charge < -0.3 is 15.4 Å². The van der Waals surface area contributed by atoms with Crippen LogP contribution in [0.15, 0.2) is 46.3 Å². The third kappa shape index (κ3) is 3.72. The Morgan fingerprint density at radius 3 is 2.91 bits per heavy atom. The molecular formula is C21H16N8O3. The summed E-state index contributed by atoms with van der Waals surface area (Å²) in [7, 11) is 0. The average Bonchev–Trinajstić information content (AvgIpc) is 3.42. The van der Waals surface area contributed by atoms with E-state index in [0.717, 1.165) is 12.8 Å². The second kappa shape index (κ2) is 7.51. The van der Waals surface area contributed by atoms with Crippen molar-refractivity contribution in [3.05, 3.63) is 74.5 Å². The molecule has 4 N–H and O–H groups in total. The number of carbonyl (C=O) groups excluding carboxylic acids is 1. The summed E-state index contributed by atoms with van der Waals surface area (Å²) < 4.78 is 1.54. The molecule has 4 aromatic rings. The third-order valence-electron chi connectivity index (χ3n) is 4.87. The summed E-state index contributed by atoms with van der Waals surface area (Å²) in [6, 6.07) is 10.2. The lowest BCUT2D eigenvalue weighted by atomic mass is 10.1. The summed E-state index contributed by atoms with van der Waals surface area (Å²) in [4.78, 5) is 38.0. The summed E-state index contributed by atoms with van der Waals surface area (Å²) >= 11 is 0. The molecule has 1 fully saturated rings. The molecule has 0 bridgehead atoms. The van der Waals surface area contributed by atoms with E-state index < -0.39 is 11.6 Å². The number of anilines is 1. The molecule has 0 aliphatic heterocycles. The van der Waals surface area contributed by atoms with Crippen molar-refractivity contribution in [2.75, 3.05) is 5.32 Å². The van der Waals surface area contributed by atoms with Gasteiger partial charge in [0.2, 0.25) is 5.88 Å². The summed E-state index contributed by atoms with van der Waals surface area (Å²) in [6.07, 6.45) is 5.00. The first-order chi connectivity index (χ1) is 15.5.